The molecule has 0 N–H and O–H groups in total. The van der Waals surface area contributed by atoms with E-state index in [1.807, 2.05) is 27.7 Å². The van der Waals surface area contributed by atoms with Crippen molar-refractivity contribution in [3.63, 3.8) is 0 Å². The van der Waals surface area contributed by atoms with Gasteiger partial charge in [-0.25, -0.2) is 9.78 Å². The molecule has 0 atom stereocenters. The topological polar surface area (TPSA) is 42.4 Å². The van der Waals surface area contributed by atoms with Gasteiger partial charge < -0.3 is 4.74 Å². The summed E-state index contributed by atoms with van der Waals surface area (Å²) >= 11 is 8.30. The highest BCUT2D eigenvalue weighted by Gasteiger charge is 2.30. The molecule has 1 aromatic rings. The van der Waals surface area contributed by atoms with Crippen molar-refractivity contribution in [2.75, 3.05) is 0 Å². The van der Waals surface area contributed by atoms with E-state index in [-0.39, 0.29) is 6.09 Å². The lowest BCUT2D eigenvalue weighted by atomic mass is 10.1. The summed E-state index contributed by atoms with van der Waals surface area (Å²) in [7, 11) is 0. The normalized spacial score (nSPS) is 14.5. The number of carbonyl (C=O) groups excluding carboxylic acids is 1. The van der Waals surface area contributed by atoms with Crippen molar-refractivity contribution in [2.24, 2.45) is 0 Å². The third-order valence-electron chi connectivity index (χ3n) is 2.89. The van der Waals surface area contributed by atoms with Gasteiger partial charge in [0.25, 0.3) is 0 Å². The number of rotatable bonds is 0. The van der Waals surface area contributed by atoms with Crippen molar-refractivity contribution in [3.05, 3.63) is 25.5 Å². The van der Waals surface area contributed by atoms with Crippen LogP contribution in [0.2, 0.25) is 5.02 Å². The highest BCUT2D eigenvalue weighted by Crippen LogP contribution is 2.32. The fourth-order valence-corrected chi connectivity index (χ4v) is 2.81. The average Bonchev–Trinajstić information content (AvgIpc) is 2.68. The molecule has 0 aromatic carbocycles. The van der Waals surface area contributed by atoms with Gasteiger partial charge in [-0.15, -0.1) is 0 Å². The summed E-state index contributed by atoms with van der Waals surface area (Å²) in [6.45, 7) is 8.54. The molecule has 1 aromatic heterocycles. The van der Waals surface area contributed by atoms with Crippen LogP contribution >= 0.6 is 34.2 Å². The van der Waals surface area contributed by atoms with Crippen molar-refractivity contribution in [1.29, 1.82) is 0 Å². The van der Waals surface area contributed by atoms with Crippen molar-refractivity contribution in [3.8, 4) is 0 Å². The van der Waals surface area contributed by atoms with Crippen molar-refractivity contribution in [1.82, 2.24) is 9.88 Å². The van der Waals surface area contributed by atoms with Crippen LogP contribution in [-0.2, 0) is 17.8 Å². The van der Waals surface area contributed by atoms with E-state index in [1.54, 1.807) is 4.90 Å². The fourth-order valence-electron chi connectivity index (χ4n) is 1.96. The van der Waals surface area contributed by atoms with E-state index in [1.165, 1.54) is 0 Å². The van der Waals surface area contributed by atoms with E-state index in [0.717, 1.165) is 20.5 Å². The molecule has 6 heteroatoms. The Hall–Kier alpha value is -0.560. The second-order valence-corrected chi connectivity index (χ2v) is 7.00. The van der Waals surface area contributed by atoms with Crippen LogP contribution < -0.4 is 0 Å². The zero-order chi connectivity index (χ0) is 14.4. The van der Waals surface area contributed by atoms with Crippen LogP contribution in [0.3, 0.4) is 0 Å². The van der Waals surface area contributed by atoms with Crippen molar-refractivity contribution in [2.45, 2.75) is 46.4 Å². The Bertz CT molecular complexity index is 540. The maximum absolute atomic E-state index is 12.1. The standard InChI is InChI=1S/C13H16ClIN2O2/c1-7-8-5-17(12(18)19-13(2,3)4)6-9(8)16-11(15)10(7)14/h5-6H2,1-4H3. The van der Waals surface area contributed by atoms with Gasteiger partial charge in [-0.05, 0) is 61.4 Å². The van der Waals surface area contributed by atoms with Gasteiger partial charge in [-0.2, -0.15) is 0 Å². The highest BCUT2D eigenvalue weighted by atomic mass is 127. The van der Waals surface area contributed by atoms with E-state index in [2.05, 4.69) is 27.6 Å². The SMILES string of the molecule is Cc1c(Cl)c(I)nc2c1CN(C(=O)OC(C)(C)C)C2. The van der Waals surface area contributed by atoms with E-state index in [4.69, 9.17) is 16.3 Å². The minimum Gasteiger partial charge on any atom is -0.444 e. The predicted octanol–water partition coefficient (Wildman–Crippen LogP) is 3.90. The zero-order valence-electron chi connectivity index (χ0n) is 11.4. The number of fused-ring (bicyclic) bond motifs is 1. The molecule has 19 heavy (non-hydrogen) atoms. The van der Waals surface area contributed by atoms with Crippen LogP contribution in [0.5, 0.6) is 0 Å². The molecule has 0 radical (unpaired) electrons. The summed E-state index contributed by atoms with van der Waals surface area (Å²) < 4.78 is 6.16. The van der Waals surface area contributed by atoms with Gasteiger partial charge in [-0.3, -0.25) is 4.90 Å². The van der Waals surface area contributed by atoms with Gasteiger partial charge in [0, 0.05) is 0 Å². The summed E-state index contributed by atoms with van der Waals surface area (Å²) in [4.78, 5) is 18.2. The summed E-state index contributed by atoms with van der Waals surface area (Å²) in [5.41, 5.74) is 2.47. The Morgan fingerprint density at radius 2 is 2.05 bits per heavy atom. The van der Waals surface area contributed by atoms with Gasteiger partial charge >= 0.3 is 6.09 Å². The fraction of sp³-hybridized carbons (Fsp3) is 0.538. The lowest BCUT2D eigenvalue weighted by Crippen LogP contribution is -2.33. The average molecular weight is 395 g/mol. The van der Waals surface area contributed by atoms with E-state index >= 15 is 0 Å². The molecule has 0 saturated carbocycles. The number of carbonyl (C=O) groups is 1. The molecule has 1 aliphatic heterocycles. The van der Waals surface area contributed by atoms with Crippen molar-refractivity contribution >= 4 is 40.3 Å². The molecule has 0 aliphatic carbocycles. The van der Waals surface area contributed by atoms with Crippen LogP contribution in [0.4, 0.5) is 4.79 Å². The first-order valence-electron chi connectivity index (χ1n) is 6.00. The maximum atomic E-state index is 12.1. The molecule has 1 amide bonds. The molecule has 2 rings (SSSR count). The second-order valence-electron chi connectivity index (χ2n) is 5.60. The number of pyridine rings is 1. The molecule has 0 fully saturated rings. The highest BCUT2D eigenvalue weighted by molar-refractivity contribution is 14.1. The zero-order valence-corrected chi connectivity index (χ0v) is 14.3. The molecule has 0 saturated heterocycles. The van der Waals surface area contributed by atoms with Crippen LogP contribution in [0.15, 0.2) is 0 Å². The maximum Gasteiger partial charge on any atom is 0.410 e. The Morgan fingerprint density at radius 1 is 1.42 bits per heavy atom. The minimum absolute atomic E-state index is 0.309. The van der Waals surface area contributed by atoms with Crippen LogP contribution in [0, 0.1) is 10.6 Å². The number of amides is 1. The Balaban J connectivity index is 2.21. The number of halogens is 2. The molecule has 2 heterocycles. The number of ether oxygens (including phenoxy) is 1. The van der Waals surface area contributed by atoms with Gasteiger partial charge in [-0.1, -0.05) is 11.6 Å². The number of aromatic nitrogens is 1. The van der Waals surface area contributed by atoms with E-state index in [9.17, 15) is 4.79 Å². The third-order valence-corrected chi connectivity index (χ3v) is 4.45. The Morgan fingerprint density at radius 3 is 2.63 bits per heavy atom. The molecule has 4 nitrogen and oxygen atoms in total. The quantitative estimate of drug-likeness (QED) is 0.495. The van der Waals surface area contributed by atoms with Crippen LogP contribution in [0.1, 0.15) is 37.6 Å². The number of nitrogens with zero attached hydrogens (tertiary/aromatic N) is 2. The van der Waals surface area contributed by atoms with E-state index < -0.39 is 5.60 Å². The third kappa shape index (κ3) is 3.13. The summed E-state index contributed by atoms with van der Waals surface area (Å²) in [6, 6.07) is 0. The van der Waals surface area contributed by atoms with Crippen molar-refractivity contribution < 1.29 is 9.53 Å². The first-order chi connectivity index (χ1) is 8.69. The summed E-state index contributed by atoms with van der Waals surface area (Å²) in [6.07, 6.45) is -0.309. The molecule has 0 spiro atoms. The van der Waals surface area contributed by atoms with Gasteiger partial charge in [0.1, 0.15) is 9.30 Å². The van der Waals surface area contributed by atoms with Gasteiger partial charge in [0.05, 0.1) is 23.8 Å². The van der Waals surface area contributed by atoms with Gasteiger partial charge in [0.15, 0.2) is 0 Å². The summed E-state index contributed by atoms with van der Waals surface area (Å²) in [5, 5.41) is 0.672. The predicted molar refractivity (Wildman–Crippen MR) is 82.2 cm³/mol. The molecule has 1 aliphatic rings. The number of hydrogen-bond donors (Lipinski definition) is 0. The molecular formula is C13H16ClIN2O2. The lowest BCUT2D eigenvalue weighted by molar-refractivity contribution is 0.0240. The Kier molecular flexibility index (Phi) is 3.97. The first-order valence-corrected chi connectivity index (χ1v) is 7.46. The molecule has 0 unspecified atom stereocenters. The lowest BCUT2D eigenvalue weighted by Gasteiger charge is -2.24. The summed E-state index contributed by atoms with van der Waals surface area (Å²) in [5.74, 6) is 0. The smallest absolute Gasteiger partial charge is 0.410 e. The van der Waals surface area contributed by atoms with E-state index in [0.29, 0.717) is 18.1 Å². The van der Waals surface area contributed by atoms with Gasteiger partial charge in [0.2, 0.25) is 0 Å². The second kappa shape index (κ2) is 5.09. The molecule has 0 bridgehead atoms. The largest absolute Gasteiger partial charge is 0.444 e. The number of hydrogen-bond acceptors (Lipinski definition) is 3. The Labute approximate surface area is 131 Å². The monoisotopic (exact) mass is 394 g/mol. The molecular weight excluding hydrogens is 379 g/mol. The molecule has 104 valence electrons. The van der Waals surface area contributed by atoms with Crippen LogP contribution in [-0.4, -0.2) is 21.6 Å². The van der Waals surface area contributed by atoms with Crippen LogP contribution in [0.25, 0.3) is 0 Å². The first kappa shape index (κ1) is 14.8. The minimum atomic E-state index is -0.486.